The molecule has 0 radical (unpaired) electrons. The third-order valence-electron chi connectivity index (χ3n) is 4.00. The number of nitrogens with zero attached hydrogens (tertiary/aromatic N) is 1. The normalized spacial score (nSPS) is 10.4. The molecule has 3 rings (SSSR count). The number of Topliss-reactive ketones (excluding diaryl/α,β-unsaturated/α-hetero) is 1. The predicted molar refractivity (Wildman–Crippen MR) is 107 cm³/mol. The SMILES string of the molecule is CC(=O)c1ccc(NC(=O)c2ccc(-c3cccc(Br)c3)nc2C)cc1. The summed E-state index contributed by atoms with van der Waals surface area (Å²) in [5.41, 5.74) is 4.20. The first kappa shape index (κ1) is 18.0. The van der Waals surface area contributed by atoms with Crippen molar-refractivity contribution < 1.29 is 9.59 Å². The standard InChI is InChI=1S/C21H17BrN2O2/c1-13-19(10-11-20(23-13)16-4-3-5-17(22)12-16)21(26)24-18-8-6-15(7-9-18)14(2)25/h3-12H,1-2H3,(H,24,26). The van der Waals surface area contributed by atoms with Crippen molar-refractivity contribution in [1.29, 1.82) is 0 Å². The van der Waals surface area contributed by atoms with Crippen LogP contribution in [0.2, 0.25) is 0 Å². The molecule has 3 aromatic rings. The number of hydrogen-bond donors (Lipinski definition) is 1. The number of pyridine rings is 1. The lowest BCUT2D eigenvalue weighted by atomic mass is 10.1. The van der Waals surface area contributed by atoms with Gasteiger partial charge in [-0.2, -0.15) is 0 Å². The smallest absolute Gasteiger partial charge is 0.257 e. The topological polar surface area (TPSA) is 59.1 Å². The van der Waals surface area contributed by atoms with Crippen molar-refractivity contribution in [3.8, 4) is 11.3 Å². The molecule has 0 aliphatic rings. The highest BCUT2D eigenvalue weighted by atomic mass is 79.9. The van der Waals surface area contributed by atoms with Gasteiger partial charge in [-0.15, -0.1) is 0 Å². The fourth-order valence-electron chi connectivity index (χ4n) is 2.60. The quantitative estimate of drug-likeness (QED) is 0.597. The summed E-state index contributed by atoms with van der Waals surface area (Å²) in [5.74, 6) is -0.238. The summed E-state index contributed by atoms with van der Waals surface area (Å²) in [6.45, 7) is 3.32. The van der Waals surface area contributed by atoms with Crippen molar-refractivity contribution in [1.82, 2.24) is 4.98 Å². The number of aryl methyl sites for hydroxylation is 1. The lowest BCUT2D eigenvalue weighted by Crippen LogP contribution is -2.14. The van der Waals surface area contributed by atoms with Crippen LogP contribution in [0.1, 0.15) is 33.3 Å². The summed E-state index contributed by atoms with van der Waals surface area (Å²) in [6.07, 6.45) is 0. The molecule has 0 spiro atoms. The van der Waals surface area contributed by atoms with Gasteiger partial charge in [0.05, 0.1) is 17.0 Å². The molecule has 1 N–H and O–H groups in total. The van der Waals surface area contributed by atoms with Crippen LogP contribution in [0.5, 0.6) is 0 Å². The molecule has 130 valence electrons. The number of anilines is 1. The van der Waals surface area contributed by atoms with Crippen molar-refractivity contribution in [2.24, 2.45) is 0 Å². The second-order valence-electron chi connectivity index (χ2n) is 5.93. The number of rotatable bonds is 4. The van der Waals surface area contributed by atoms with Crippen molar-refractivity contribution in [3.05, 3.63) is 82.0 Å². The molecule has 0 saturated carbocycles. The third kappa shape index (κ3) is 4.06. The van der Waals surface area contributed by atoms with Crippen LogP contribution in [-0.2, 0) is 0 Å². The van der Waals surface area contributed by atoms with Gasteiger partial charge in [0.2, 0.25) is 0 Å². The van der Waals surface area contributed by atoms with Crippen LogP contribution in [0.3, 0.4) is 0 Å². The minimum absolute atomic E-state index is 0.00828. The number of aromatic nitrogens is 1. The summed E-state index contributed by atoms with van der Waals surface area (Å²) in [7, 11) is 0. The van der Waals surface area contributed by atoms with Gasteiger partial charge in [-0.05, 0) is 62.4 Å². The van der Waals surface area contributed by atoms with Crippen LogP contribution in [0.4, 0.5) is 5.69 Å². The Morgan fingerprint density at radius 3 is 2.35 bits per heavy atom. The monoisotopic (exact) mass is 408 g/mol. The molecule has 0 aliphatic heterocycles. The fraction of sp³-hybridized carbons (Fsp3) is 0.0952. The van der Waals surface area contributed by atoms with Gasteiger partial charge in [0, 0.05) is 21.3 Å². The highest BCUT2D eigenvalue weighted by Gasteiger charge is 2.12. The molecular weight excluding hydrogens is 392 g/mol. The molecule has 26 heavy (non-hydrogen) atoms. The highest BCUT2D eigenvalue weighted by Crippen LogP contribution is 2.23. The second-order valence-corrected chi connectivity index (χ2v) is 6.84. The molecule has 5 heteroatoms. The zero-order chi connectivity index (χ0) is 18.7. The Kier molecular flexibility index (Phi) is 5.28. The molecule has 1 aromatic heterocycles. The maximum absolute atomic E-state index is 12.5. The van der Waals surface area contributed by atoms with Crippen LogP contribution in [0.25, 0.3) is 11.3 Å². The van der Waals surface area contributed by atoms with Gasteiger partial charge in [-0.1, -0.05) is 28.1 Å². The third-order valence-corrected chi connectivity index (χ3v) is 4.49. The van der Waals surface area contributed by atoms with E-state index in [0.29, 0.717) is 22.5 Å². The van der Waals surface area contributed by atoms with E-state index in [1.54, 1.807) is 30.3 Å². The number of benzene rings is 2. The van der Waals surface area contributed by atoms with Gasteiger partial charge in [0.15, 0.2) is 5.78 Å². The van der Waals surface area contributed by atoms with Crippen LogP contribution >= 0.6 is 15.9 Å². The maximum atomic E-state index is 12.5. The van der Waals surface area contributed by atoms with Gasteiger partial charge in [0.25, 0.3) is 5.91 Å². The summed E-state index contributed by atoms with van der Waals surface area (Å²) in [4.78, 5) is 28.4. The Hall–Kier alpha value is -2.79. The number of amides is 1. The minimum atomic E-state index is -0.230. The lowest BCUT2D eigenvalue weighted by molar-refractivity contribution is 0.101. The van der Waals surface area contributed by atoms with E-state index < -0.39 is 0 Å². The lowest BCUT2D eigenvalue weighted by Gasteiger charge is -2.10. The molecule has 1 amide bonds. The Morgan fingerprint density at radius 2 is 1.73 bits per heavy atom. The van der Waals surface area contributed by atoms with Crippen molar-refractivity contribution in [2.75, 3.05) is 5.32 Å². The van der Waals surface area contributed by atoms with E-state index in [0.717, 1.165) is 15.7 Å². The van der Waals surface area contributed by atoms with Gasteiger partial charge < -0.3 is 5.32 Å². The molecule has 1 heterocycles. The van der Waals surface area contributed by atoms with Gasteiger partial charge in [-0.25, -0.2) is 0 Å². The predicted octanol–water partition coefficient (Wildman–Crippen LogP) is 5.27. The number of carbonyl (C=O) groups excluding carboxylic acids is 2. The minimum Gasteiger partial charge on any atom is -0.322 e. The number of halogens is 1. The molecular formula is C21H17BrN2O2. The van der Waals surface area contributed by atoms with E-state index in [2.05, 4.69) is 26.2 Å². The van der Waals surface area contributed by atoms with E-state index in [1.807, 2.05) is 37.3 Å². The Balaban J connectivity index is 1.80. The zero-order valence-corrected chi connectivity index (χ0v) is 16.0. The van der Waals surface area contributed by atoms with Gasteiger partial charge in [-0.3, -0.25) is 14.6 Å². The number of carbonyl (C=O) groups is 2. The number of nitrogens with one attached hydrogen (secondary N) is 1. The molecule has 0 saturated heterocycles. The largest absolute Gasteiger partial charge is 0.322 e. The molecule has 0 unspecified atom stereocenters. The van der Waals surface area contributed by atoms with Crippen LogP contribution in [-0.4, -0.2) is 16.7 Å². The first-order valence-electron chi connectivity index (χ1n) is 8.10. The summed E-state index contributed by atoms with van der Waals surface area (Å²) < 4.78 is 0.977. The van der Waals surface area contributed by atoms with Gasteiger partial charge >= 0.3 is 0 Å². The van der Waals surface area contributed by atoms with Crippen LogP contribution < -0.4 is 5.32 Å². The van der Waals surface area contributed by atoms with Crippen LogP contribution in [0, 0.1) is 6.92 Å². The van der Waals surface area contributed by atoms with E-state index >= 15 is 0 Å². The summed E-state index contributed by atoms with van der Waals surface area (Å²) in [5, 5.41) is 2.84. The molecule has 0 aliphatic carbocycles. The molecule has 0 fully saturated rings. The van der Waals surface area contributed by atoms with Crippen LogP contribution in [0.15, 0.2) is 65.1 Å². The number of ketones is 1. The molecule has 0 atom stereocenters. The van der Waals surface area contributed by atoms with E-state index in [4.69, 9.17) is 0 Å². The maximum Gasteiger partial charge on any atom is 0.257 e. The van der Waals surface area contributed by atoms with Gasteiger partial charge in [0.1, 0.15) is 0 Å². The fourth-order valence-corrected chi connectivity index (χ4v) is 3.00. The second kappa shape index (κ2) is 7.62. The van der Waals surface area contributed by atoms with Crippen molar-refractivity contribution >= 4 is 33.3 Å². The zero-order valence-electron chi connectivity index (χ0n) is 14.4. The van der Waals surface area contributed by atoms with E-state index in [-0.39, 0.29) is 11.7 Å². The van der Waals surface area contributed by atoms with E-state index in [1.165, 1.54) is 6.92 Å². The van der Waals surface area contributed by atoms with Crippen molar-refractivity contribution in [3.63, 3.8) is 0 Å². The highest BCUT2D eigenvalue weighted by molar-refractivity contribution is 9.10. The Bertz CT molecular complexity index is 982. The average Bonchev–Trinajstić information content (AvgIpc) is 2.62. The Labute approximate surface area is 160 Å². The first-order chi connectivity index (χ1) is 12.4. The summed E-state index contributed by atoms with van der Waals surface area (Å²) in [6, 6.07) is 18.3. The first-order valence-corrected chi connectivity index (χ1v) is 8.89. The number of hydrogen-bond acceptors (Lipinski definition) is 3. The molecule has 0 bridgehead atoms. The summed E-state index contributed by atoms with van der Waals surface area (Å²) >= 11 is 3.45. The molecule has 2 aromatic carbocycles. The molecule has 4 nitrogen and oxygen atoms in total. The Morgan fingerprint density at radius 1 is 1.00 bits per heavy atom. The van der Waals surface area contributed by atoms with Crippen molar-refractivity contribution in [2.45, 2.75) is 13.8 Å². The van der Waals surface area contributed by atoms with E-state index in [9.17, 15) is 9.59 Å². The average molecular weight is 409 g/mol.